The van der Waals surface area contributed by atoms with Crippen molar-refractivity contribution in [3.05, 3.63) is 58.9 Å². The zero-order valence-electron chi connectivity index (χ0n) is 11.6. The largest absolute Gasteiger partial charge is 0.492 e. The zero-order chi connectivity index (χ0) is 14.4. The van der Waals surface area contributed by atoms with Gasteiger partial charge in [-0.3, -0.25) is 4.98 Å². The Kier molecular flexibility index (Phi) is 5.39. The van der Waals surface area contributed by atoms with Crippen LogP contribution >= 0.6 is 11.6 Å². The van der Waals surface area contributed by atoms with E-state index in [1.54, 1.807) is 12.4 Å². The van der Waals surface area contributed by atoms with Crippen LogP contribution in [0.5, 0.6) is 5.75 Å². The molecular weight excluding hydrogens is 272 g/mol. The van der Waals surface area contributed by atoms with Gasteiger partial charge in [-0.1, -0.05) is 17.7 Å². The van der Waals surface area contributed by atoms with E-state index in [4.69, 9.17) is 22.1 Å². The number of benzene rings is 1. The summed E-state index contributed by atoms with van der Waals surface area (Å²) in [4.78, 5) is 4.03. The zero-order valence-corrected chi connectivity index (χ0v) is 12.3. The van der Waals surface area contributed by atoms with Crippen molar-refractivity contribution in [1.29, 1.82) is 0 Å². The van der Waals surface area contributed by atoms with Crippen molar-refractivity contribution < 1.29 is 4.74 Å². The molecule has 0 bridgehead atoms. The average molecular weight is 291 g/mol. The molecule has 1 aromatic carbocycles. The Morgan fingerprint density at radius 3 is 2.60 bits per heavy atom. The van der Waals surface area contributed by atoms with Crippen molar-refractivity contribution in [2.75, 3.05) is 13.2 Å². The molecule has 0 saturated heterocycles. The number of pyridine rings is 1. The molecule has 0 aliphatic rings. The third-order valence-electron chi connectivity index (χ3n) is 3.24. The average Bonchev–Trinajstić information content (AvgIpc) is 2.48. The Bertz CT molecular complexity index is 545. The lowest BCUT2D eigenvalue weighted by Gasteiger charge is -2.16. The van der Waals surface area contributed by atoms with Crippen LogP contribution < -0.4 is 10.5 Å². The second-order valence-corrected chi connectivity index (χ2v) is 5.02. The summed E-state index contributed by atoms with van der Waals surface area (Å²) in [5, 5.41) is 0.637. The van der Waals surface area contributed by atoms with Gasteiger partial charge in [-0.15, -0.1) is 0 Å². The van der Waals surface area contributed by atoms with Crippen LogP contribution in [-0.4, -0.2) is 18.1 Å². The Balaban J connectivity index is 2.17. The minimum absolute atomic E-state index is 0.241. The highest BCUT2D eigenvalue weighted by Crippen LogP contribution is 2.29. The first-order chi connectivity index (χ1) is 9.74. The highest BCUT2D eigenvalue weighted by molar-refractivity contribution is 6.32. The van der Waals surface area contributed by atoms with Gasteiger partial charge < -0.3 is 10.5 Å². The summed E-state index contributed by atoms with van der Waals surface area (Å²) in [6.07, 6.45) is 4.48. The van der Waals surface area contributed by atoms with Gasteiger partial charge >= 0.3 is 0 Å². The highest BCUT2D eigenvalue weighted by Gasteiger charge is 2.13. The highest BCUT2D eigenvalue weighted by atomic mass is 35.5. The number of ether oxygens (including phenoxy) is 1. The summed E-state index contributed by atoms with van der Waals surface area (Å²) in [6.45, 7) is 3.12. The lowest BCUT2D eigenvalue weighted by atomic mass is 9.92. The molecule has 20 heavy (non-hydrogen) atoms. The van der Waals surface area contributed by atoms with E-state index in [1.807, 2.05) is 37.3 Å². The van der Waals surface area contributed by atoms with E-state index in [9.17, 15) is 0 Å². The summed E-state index contributed by atoms with van der Waals surface area (Å²) in [5.41, 5.74) is 8.27. The lowest BCUT2D eigenvalue weighted by Crippen LogP contribution is -2.15. The number of rotatable bonds is 6. The molecule has 2 N–H and O–H groups in total. The number of hydrogen-bond acceptors (Lipinski definition) is 3. The quantitative estimate of drug-likeness (QED) is 0.887. The summed E-state index contributed by atoms with van der Waals surface area (Å²) in [6, 6.07) is 9.93. The monoisotopic (exact) mass is 290 g/mol. The second-order valence-electron chi connectivity index (χ2n) is 4.62. The second kappa shape index (κ2) is 7.27. The van der Waals surface area contributed by atoms with Crippen molar-refractivity contribution in [3.8, 4) is 5.75 Å². The molecule has 2 aromatic rings. The standard InChI is InChI=1S/C16H19ClN2O/c1-2-20-16-4-3-13(10-15(16)17)14(11-18)9-12-5-7-19-8-6-12/h3-8,10,14H,2,9,11,18H2,1H3. The Morgan fingerprint density at radius 1 is 1.25 bits per heavy atom. The molecule has 0 saturated carbocycles. The van der Waals surface area contributed by atoms with Crippen LogP contribution in [0.4, 0.5) is 0 Å². The minimum atomic E-state index is 0.241. The molecular formula is C16H19ClN2O. The van der Waals surface area contributed by atoms with E-state index in [-0.39, 0.29) is 5.92 Å². The number of halogens is 1. The van der Waals surface area contributed by atoms with Crippen LogP contribution in [0.3, 0.4) is 0 Å². The molecule has 1 atom stereocenters. The normalized spacial score (nSPS) is 12.2. The summed E-state index contributed by atoms with van der Waals surface area (Å²) < 4.78 is 5.45. The lowest BCUT2D eigenvalue weighted by molar-refractivity contribution is 0.340. The van der Waals surface area contributed by atoms with Gasteiger partial charge in [0.2, 0.25) is 0 Å². The predicted octanol–water partition coefficient (Wildman–Crippen LogP) is 3.42. The maximum absolute atomic E-state index is 6.24. The molecule has 0 amide bonds. The van der Waals surface area contributed by atoms with Gasteiger partial charge in [0, 0.05) is 18.3 Å². The molecule has 4 heteroatoms. The maximum Gasteiger partial charge on any atom is 0.137 e. The fourth-order valence-corrected chi connectivity index (χ4v) is 2.43. The van der Waals surface area contributed by atoms with Crippen LogP contribution in [0.2, 0.25) is 5.02 Å². The van der Waals surface area contributed by atoms with Gasteiger partial charge in [0.15, 0.2) is 0 Å². The predicted molar refractivity (Wildman–Crippen MR) is 82.4 cm³/mol. The molecule has 1 heterocycles. The molecule has 106 valence electrons. The van der Waals surface area contributed by atoms with Crippen molar-refractivity contribution in [1.82, 2.24) is 4.98 Å². The van der Waals surface area contributed by atoms with E-state index in [0.717, 1.165) is 17.7 Å². The van der Waals surface area contributed by atoms with Gasteiger partial charge in [-0.25, -0.2) is 0 Å². The van der Waals surface area contributed by atoms with E-state index >= 15 is 0 Å². The number of nitrogens with two attached hydrogens (primary N) is 1. The van der Waals surface area contributed by atoms with Crippen LogP contribution in [0.25, 0.3) is 0 Å². The molecule has 0 radical (unpaired) electrons. The van der Waals surface area contributed by atoms with E-state index in [0.29, 0.717) is 18.2 Å². The summed E-state index contributed by atoms with van der Waals surface area (Å²) >= 11 is 6.24. The van der Waals surface area contributed by atoms with E-state index in [2.05, 4.69) is 4.98 Å². The van der Waals surface area contributed by atoms with Gasteiger partial charge in [-0.05, 0) is 55.3 Å². The molecule has 1 unspecified atom stereocenters. The number of nitrogens with zero attached hydrogens (tertiary/aromatic N) is 1. The maximum atomic E-state index is 6.24. The van der Waals surface area contributed by atoms with Gasteiger partial charge in [0.05, 0.1) is 11.6 Å². The Morgan fingerprint density at radius 2 is 2.00 bits per heavy atom. The first-order valence-corrected chi connectivity index (χ1v) is 7.13. The molecule has 0 aliphatic heterocycles. The topological polar surface area (TPSA) is 48.1 Å². The fourth-order valence-electron chi connectivity index (χ4n) is 2.18. The molecule has 0 fully saturated rings. The summed E-state index contributed by atoms with van der Waals surface area (Å²) in [5.74, 6) is 0.961. The van der Waals surface area contributed by atoms with Crippen LogP contribution in [0.1, 0.15) is 24.0 Å². The SMILES string of the molecule is CCOc1ccc(C(CN)Cc2ccncc2)cc1Cl. The van der Waals surface area contributed by atoms with Gasteiger partial charge in [0.25, 0.3) is 0 Å². The Labute approximate surface area is 124 Å². The smallest absolute Gasteiger partial charge is 0.137 e. The van der Waals surface area contributed by atoms with Crippen molar-refractivity contribution in [2.45, 2.75) is 19.3 Å². The molecule has 2 rings (SSSR count). The molecule has 3 nitrogen and oxygen atoms in total. The van der Waals surface area contributed by atoms with Crippen molar-refractivity contribution in [2.24, 2.45) is 5.73 Å². The molecule has 0 spiro atoms. The van der Waals surface area contributed by atoms with Gasteiger partial charge in [0.1, 0.15) is 5.75 Å². The van der Waals surface area contributed by atoms with E-state index < -0.39 is 0 Å². The van der Waals surface area contributed by atoms with Crippen molar-refractivity contribution in [3.63, 3.8) is 0 Å². The fraction of sp³-hybridized carbons (Fsp3) is 0.312. The summed E-state index contributed by atoms with van der Waals surface area (Å²) in [7, 11) is 0. The van der Waals surface area contributed by atoms with Crippen LogP contribution in [0.15, 0.2) is 42.7 Å². The van der Waals surface area contributed by atoms with Crippen LogP contribution in [0, 0.1) is 0 Å². The first-order valence-electron chi connectivity index (χ1n) is 6.75. The number of aromatic nitrogens is 1. The molecule has 0 aliphatic carbocycles. The third kappa shape index (κ3) is 3.71. The van der Waals surface area contributed by atoms with Crippen LogP contribution in [-0.2, 0) is 6.42 Å². The van der Waals surface area contributed by atoms with E-state index in [1.165, 1.54) is 5.56 Å². The third-order valence-corrected chi connectivity index (χ3v) is 3.54. The first kappa shape index (κ1) is 14.8. The minimum Gasteiger partial charge on any atom is -0.492 e. The van der Waals surface area contributed by atoms with Gasteiger partial charge in [-0.2, -0.15) is 0 Å². The van der Waals surface area contributed by atoms with Crippen molar-refractivity contribution >= 4 is 11.6 Å². The molecule has 1 aromatic heterocycles. The Hall–Kier alpha value is -1.58. The number of hydrogen-bond donors (Lipinski definition) is 1.